The molecule has 0 amide bonds. The standard InChI is InChI=1S/C19H19N3O2/c1-2-6-15-13-18(23)22-19(21-15)20-14-9-11-17(12-10-14)24-16-7-4-3-5-8-16/h3-5,7-13H,2,6H2,1H3,(H2,20,21,22,23). The number of aromatic amines is 1. The first-order valence-corrected chi connectivity index (χ1v) is 7.93. The summed E-state index contributed by atoms with van der Waals surface area (Å²) in [6, 6.07) is 18.6. The van der Waals surface area contributed by atoms with Crippen molar-refractivity contribution in [2.45, 2.75) is 19.8 Å². The highest BCUT2D eigenvalue weighted by molar-refractivity contribution is 5.54. The highest BCUT2D eigenvalue weighted by atomic mass is 16.5. The van der Waals surface area contributed by atoms with Crippen LogP contribution in [0.25, 0.3) is 0 Å². The molecule has 1 aromatic heterocycles. The van der Waals surface area contributed by atoms with E-state index in [4.69, 9.17) is 4.74 Å². The Hall–Kier alpha value is -3.08. The summed E-state index contributed by atoms with van der Waals surface area (Å²) in [5.41, 5.74) is 1.46. The number of para-hydroxylation sites is 1. The molecular formula is C19H19N3O2. The van der Waals surface area contributed by atoms with Gasteiger partial charge in [-0.25, -0.2) is 0 Å². The Bertz CT molecular complexity index is 842. The van der Waals surface area contributed by atoms with Crippen molar-refractivity contribution in [2.75, 3.05) is 5.32 Å². The second-order valence-electron chi connectivity index (χ2n) is 5.41. The predicted octanol–water partition coefficient (Wildman–Crippen LogP) is 4.26. The molecule has 0 saturated heterocycles. The zero-order valence-electron chi connectivity index (χ0n) is 13.5. The molecular weight excluding hydrogens is 302 g/mol. The van der Waals surface area contributed by atoms with Crippen LogP contribution in [0.5, 0.6) is 11.5 Å². The van der Waals surface area contributed by atoms with Crippen LogP contribution < -0.4 is 15.6 Å². The Morgan fingerprint density at radius 3 is 2.46 bits per heavy atom. The minimum absolute atomic E-state index is 0.247. The molecule has 0 bridgehead atoms. The van der Waals surface area contributed by atoms with Gasteiger partial charge < -0.3 is 15.0 Å². The SMILES string of the molecule is CCCc1cc(=O)nc(Nc2ccc(Oc3ccccc3)cc2)[nH]1. The van der Waals surface area contributed by atoms with E-state index in [-0.39, 0.29) is 5.56 Å². The molecule has 0 radical (unpaired) electrons. The van der Waals surface area contributed by atoms with E-state index in [1.165, 1.54) is 6.07 Å². The molecule has 2 aromatic carbocycles. The average Bonchev–Trinajstić information content (AvgIpc) is 2.57. The van der Waals surface area contributed by atoms with Crippen molar-refractivity contribution >= 4 is 11.6 Å². The molecule has 0 unspecified atom stereocenters. The topological polar surface area (TPSA) is 67.0 Å². The fourth-order valence-corrected chi connectivity index (χ4v) is 2.34. The van der Waals surface area contributed by atoms with Crippen LogP contribution in [0.4, 0.5) is 11.6 Å². The number of rotatable bonds is 6. The van der Waals surface area contributed by atoms with Gasteiger partial charge in [-0.1, -0.05) is 31.5 Å². The number of hydrogen-bond acceptors (Lipinski definition) is 4. The predicted molar refractivity (Wildman–Crippen MR) is 95.1 cm³/mol. The fourth-order valence-electron chi connectivity index (χ4n) is 2.34. The number of anilines is 2. The summed E-state index contributed by atoms with van der Waals surface area (Å²) in [5.74, 6) is 1.98. The van der Waals surface area contributed by atoms with E-state index in [1.54, 1.807) is 0 Å². The van der Waals surface area contributed by atoms with Gasteiger partial charge in [-0.3, -0.25) is 4.79 Å². The molecule has 24 heavy (non-hydrogen) atoms. The molecule has 0 aliphatic carbocycles. The van der Waals surface area contributed by atoms with Crippen LogP contribution in [0.15, 0.2) is 65.5 Å². The van der Waals surface area contributed by atoms with Gasteiger partial charge in [0.2, 0.25) is 5.95 Å². The van der Waals surface area contributed by atoms with Crippen molar-refractivity contribution in [3.05, 3.63) is 76.7 Å². The van der Waals surface area contributed by atoms with Crippen LogP contribution >= 0.6 is 0 Å². The minimum Gasteiger partial charge on any atom is -0.457 e. The summed E-state index contributed by atoms with van der Waals surface area (Å²) in [7, 11) is 0. The lowest BCUT2D eigenvalue weighted by molar-refractivity contribution is 0.483. The molecule has 0 aliphatic rings. The lowest BCUT2D eigenvalue weighted by atomic mass is 10.2. The fraction of sp³-hybridized carbons (Fsp3) is 0.158. The summed E-state index contributed by atoms with van der Waals surface area (Å²) in [5, 5.41) is 3.11. The molecule has 0 fully saturated rings. The van der Waals surface area contributed by atoms with E-state index in [0.29, 0.717) is 5.95 Å². The second kappa shape index (κ2) is 7.46. The summed E-state index contributed by atoms with van der Waals surface area (Å²) in [6.45, 7) is 2.07. The summed E-state index contributed by atoms with van der Waals surface area (Å²) >= 11 is 0. The quantitative estimate of drug-likeness (QED) is 0.712. The Morgan fingerprint density at radius 1 is 1.04 bits per heavy atom. The van der Waals surface area contributed by atoms with Gasteiger partial charge in [-0.05, 0) is 42.8 Å². The Labute approximate surface area is 140 Å². The van der Waals surface area contributed by atoms with Gasteiger partial charge in [0, 0.05) is 17.4 Å². The normalized spacial score (nSPS) is 10.4. The van der Waals surface area contributed by atoms with Crippen molar-refractivity contribution in [3.8, 4) is 11.5 Å². The van der Waals surface area contributed by atoms with Crippen molar-refractivity contribution in [1.29, 1.82) is 0 Å². The molecule has 0 atom stereocenters. The summed E-state index contributed by atoms with van der Waals surface area (Å²) in [4.78, 5) is 18.7. The van der Waals surface area contributed by atoms with E-state index in [0.717, 1.165) is 35.7 Å². The van der Waals surface area contributed by atoms with Crippen LogP contribution in [0.3, 0.4) is 0 Å². The highest BCUT2D eigenvalue weighted by Gasteiger charge is 2.02. The average molecular weight is 321 g/mol. The number of nitrogens with one attached hydrogen (secondary N) is 2. The molecule has 0 aliphatic heterocycles. The first-order valence-electron chi connectivity index (χ1n) is 7.93. The zero-order valence-corrected chi connectivity index (χ0v) is 13.5. The number of benzene rings is 2. The van der Waals surface area contributed by atoms with Crippen LogP contribution in [0, 0.1) is 0 Å². The second-order valence-corrected chi connectivity index (χ2v) is 5.41. The molecule has 0 spiro atoms. The largest absolute Gasteiger partial charge is 0.457 e. The van der Waals surface area contributed by atoms with Gasteiger partial charge >= 0.3 is 0 Å². The van der Waals surface area contributed by atoms with Crippen LogP contribution in [-0.2, 0) is 6.42 Å². The van der Waals surface area contributed by atoms with Gasteiger partial charge in [0.1, 0.15) is 11.5 Å². The molecule has 5 heteroatoms. The molecule has 3 aromatic rings. The molecule has 1 heterocycles. The van der Waals surface area contributed by atoms with Crippen LogP contribution in [0.2, 0.25) is 0 Å². The number of hydrogen-bond donors (Lipinski definition) is 2. The third kappa shape index (κ3) is 4.23. The highest BCUT2D eigenvalue weighted by Crippen LogP contribution is 2.23. The van der Waals surface area contributed by atoms with Gasteiger partial charge in [-0.15, -0.1) is 0 Å². The molecule has 0 saturated carbocycles. The van der Waals surface area contributed by atoms with Gasteiger partial charge in [-0.2, -0.15) is 4.98 Å². The summed E-state index contributed by atoms with van der Waals surface area (Å²) < 4.78 is 5.75. The van der Waals surface area contributed by atoms with Crippen molar-refractivity contribution in [3.63, 3.8) is 0 Å². The van der Waals surface area contributed by atoms with E-state index in [2.05, 4.69) is 22.2 Å². The maximum Gasteiger partial charge on any atom is 0.274 e. The number of aromatic nitrogens is 2. The van der Waals surface area contributed by atoms with Crippen LogP contribution in [0.1, 0.15) is 19.0 Å². The van der Waals surface area contributed by atoms with Crippen molar-refractivity contribution in [1.82, 2.24) is 9.97 Å². The lowest BCUT2D eigenvalue weighted by Gasteiger charge is -2.09. The minimum atomic E-state index is -0.247. The number of nitrogens with zero attached hydrogens (tertiary/aromatic N) is 1. The number of ether oxygens (including phenoxy) is 1. The Morgan fingerprint density at radius 2 is 1.75 bits per heavy atom. The number of H-pyrrole nitrogens is 1. The van der Waals surface area contributed by atoms with Crippen molar-refractivity contribution in [2.24, 2.45) is 0 Å². The lowest BCUT2D eigenvalue weighted by Crippen LogP contribution is -2.12. The van der Waals surface area contributed by atoms with Crippen LogP contribution in [-0.4, -0.2) is 9.97 Å². The summed E-state index contributed by atoms with van der Waals surface area (Å²) in [6.07, 6.45) is 1.78. The Balaban J connectivity index is 1.71. The van der Waals surface area contributed by atoms with Crippen molar-refractivity contribution < 1.29 is 4.74 Å². The monoisotopic (exact) mass is 321 g/mol. The van der Waals surface area contributed by atoms with E-state index >= 15 is 0 Å². The molecule has 122 valence electrons. The molecule has 3 rings (SSSR count). The molecule has 5 nitrogen and oxygen atoms in total. The maximum absolute atomic E-state index is 11.6. The maximum atomic E-state index is 11.6. The molecule has 2 N–H and O–H groups in total. The van der Waals surface area contributed by atoms with E-state index in [1.807, 2.05) is 54.6 Å². The Kier molecular flexibility index (Phi) is 4.91. The van der Waals surface area contributed by atoms with Gasteiger partial charge in [0.15, 0.2) is 0 Å². The van der Waals surface area contributed by atoms with Gasteiger partial charge in [0.25, 0.3) is 5.56 Å². The van der Waals surface area contributed by atoms with E-state index < -0.39 is 0 Å². The smallest absolute Gasteiger partial charge is 0.274 e. The first kappa shape index (κ1) is 15.8. The van der Waals surface area contributed by atoms with Gasteiger partial charge in [0.05, 0.1) is 0 Å². The third-order valence-electron chi connectivity index (χ3n) is 3.41. The third-order valence-corrected chi connectivity index (χ3v) is 3.41. The van der Waals surface area contributed by atoms with E-state index in [9.17, 15) is 4.79 Å². The number of aryl methyl sites for hydroxylation is 1. The zero-order chi connectivity index (χ0) is 16.8. The first-order chi connectivity index (χ1) is 11.7.